The number of anilines is 1. The number of hydrogen-bond acceptors (Lipinski definition) is 9. The average Bonchev–Trinajstić information content (AvgIpc) is 3.21. The van der Waals surface area contributed by atoms with E-state index in [4.69, 9.17) is 4.74 Å². The summed E-state index contributed by atoms with van der Waals surface area (Å²) in [5.74, 6) is 0.213. The molecule has 3 aromatic rings. The Hall–Kier alpha value is -2.24. The number of carbonyl (C=O) groups is 1. The smallest absolute Gasteiger partial charge is 0.279 e. The quantitative estimate of drug-likeness (QED) is 0.685. The Balaban J connectivity index is 1.55. The van der Waals surface area contributed by atoms with Crippen LogP contribution in [-0.4, -0.2) is 38.2 Å². The van der Waals surface area contributed by atoms with Crippen molar-refractivity contribution >= 4 is 43.9 Å². The normalized spacial score (nSPS) is 16.4. The molecule has 0 aromatic carbocycles. The van der Waals surface area contributed by atoms with Gasteiger partial charge in [0.1, 0.15) is 18.2 Å². The van der Waals surface area contributed by atoms with Gasteiger partial charge in [-0.05, 0) is 30.7 Å². The molecule has 11 heteroatoms. The van der Waals surface area contributed by atoms with Crippen molar-refractivity contribution in [1.82, 2.24) is 25.2 Å². The minimum atomic E-state index is -0.399. The van der Waals surface area contributed by atoms with Gasteiger partial charge < -0.3 is 4.74 Å². The lowest BCUT2D eigenvalue weighted by Gasteiger charge is -2.17. The lowest BCUT2D eigenvalue weighted by atomic mass is 9.89. The molecule has 142 valence electrons. The van der Waals surface area contributed by atoms with Gasteiger partial charge in [-0.3, -0.25) is 14.9 Å². The molecule has 9 nitrogen and oxygen atoms in total. The highest BCUT2D eigenvalue weighted by molar-refractivity contribution is 7.18. The SMILES string of the molecule is COCc1nnc(NC(=O)Cn2nnc3sc4c(c3c2=O)CCC(C)C4)s1. The van der Waals surface area contributed by atoms with Crippen LogP contribution in [0.15, 0.2) is 4.79 Å². The minimum absolute atomic E-state index is 0.220. The zero-order chi connectivity index (χ0) is 19.0. The van der Waals surface area contributed by atoms with Crippen LogP contribution >= 0.6 is 22.7 Å². The van der Waals surface area contributed by atoms with E-state index < -0.39 is 5.91 Å². The van der Waals surface area contributed by atoms with Gasteiger partial charge in [-0.1, -0.05) is 23.5 Å². The van der Waals surface area contributed by atoms with Gasteiger partial charge in [0.05, 0.1) is 5.39 Å². The summed E-state index contributed by atoms with van der Waals surface area (Å²) in [6, 6.07) is 0. The Morgan fingerprint density at radius 3 is 3.00 bits per heavy atom. The lowest BCUT2D eigenvalue weighted by molar-refractivity contribution is -0.117. The Morgan fingerprint density at radius 2 is 2.19 bits per heavy atom. The van der Waals surface area contributed by atoms with E-state index in [1.165, 1.54) is 27.6 Å². The van der Waals surface area contributed by atoms with Crippen molar-refractivity contribution in [3.8, 4) is 0 Å². The van der Waals surface area contributed by atoms with Crippen molar-refractivity contribution in [3.63, 3.8) is 0 Å². The number of amides is 1. The fourth-order valence-corrected chi connectivity index (χ4v) is 5.22. The van der Waals surface area contributed by atoms with Crippen molar-refractivity contribution in [3.05, 3.63) is 25.8 Å². The van der Waals surface area contributed by atoms with Crippen LogP contribution in [-0.2, 0) is 35.5 Å². The second kappa shape index (κ2) is 7.41. The molecule has 3 heterocycles. The highest BCUT2D eigenvalue weighted by Gasteiger charge is 2.24. The summed E-state index contributed by atoms with van der Waals surface area (Å²) in [4.78, 5) is 27.0. The minimum Gasteiger partial charge on any atom is -0.377 e. The molecular formula is C16H18N6O3S2. The fourth-order valence-electron chi connectivity index (χ4n) is 3.18. The van der Waals surface area contributed by atoms with E-state index in [9.17, 15) is 9.59 Å². The Bertz CT molecular complexity index is 1060. The van der Waals surface area contributed by atoms with E-state index in [0.29, 0.717) is 32.9 Å². The molecule has 0 radical (unpaired) electrons. The molecule has 3 aromatic heterocycles. The predicted molar refractivity (Wildman–Crippen MR) is 102 cm³/mol. The van der Waals surface area contributed by atoms with Crippen LogP contribution in [0.3, 0.4) is 0 Å². The molecule has 1 amide bonds. The first-order valence-corrected chi connectivity index (χ1v) is 10.2. The molecule has 0 bridgehead atoms. The molecule has 0 fully saturated rings. The van der Waals surface area contributed by atoms with Gasteiger partial charge in [0.25, 0.3) is 5.56 Å². The van der Waals surface area contributed by atoms with Gasteiger partial charge in [-0.15, -0.1) is 26.6 Å². The van der Waals surface area contributed by atoms with Crippen LogP contribution in [0.5, 0.6) is 0 Å². The first-order valence-electron chi connectivity index (χ1n) is 8.54. The van der Waals surface area contributed by atoms with Crippen LogP contribution in [0.25, 0.3) is 10.2 Å². The average molecular weight is 406 g/mol. The third-order valence-electron chi connectivity index (χ3n) is 4.46. The fraction of sp³-hybridized carbons (Fsp3) is 0.500. The summed E-state index contributed by atoms with van der Waals surface area (Å²) < 4.78 is 6.09. The monoisotopic (exact) mass is 406 g/mol. The van der Waals surface area contributed by atoms with Crippen LogP contribution in [0.4, 0.5) is 5.13 Å². The van der Waals surface area contributed by atoms with Gasteiger partial charge in [0, 0.05) is 12.0 Å². The van der Waals surface area contributed by atoms with Crippen molar-refractivity contribution in [2.75, 3.05) is 12.4 Å². The second-order valence-corrected chi connectivity index (χ2v) is 8.71. The number of carbonyl (C=O) groups excluding carboxylic acids is 1. The van der Waals surface area contributed by atoms with Crippen molar-refractivity contribution in [1.29, 1.82) is 0 Å². The molecule has 1 atom stereocenters. The Labute approximate surface area is 162 Å². The summed E-state index contributed by atoms with van der Waals surface area (Å²) in [6.07, 6.45) is 2.90. The number of thiophene rings is 1. The Kier molecular flexibility index (Phi) is 4.98. The number of aryl methyl sites for hydroxylation is 1. The molecule has 1 aliphatic carbocycles. The molecule has 4 rings (SSSR count). The molecule has 1 aliphatic rings. The molecule has 0 saturated carbocycles. The van der Waals surface area contributed by atoms with E-state index in [1.54, 1.807) is 7.11 Å². The Morgan fingerprint density at radius 1 is 1.33 bits per heavy atom. The standard InChI is InChI=1S/C16H18N6O3S2/c1-8-3-4-9-10(5-8)26-14-13(9)15(24)22(21-19-14)6-11(23)17-16-20-18-12(27-16)7-25-2/h8H,3-7H2,1-2H3,(H,17,20,23). The van der Waals surface area contributed by atoms with Crippen molar-refractivity contribution in [2.45, 2.75) is 39.3 Å². The van der Waals surface area contributed by atoms with E-state index in [2.05, 4.69) is 32.7 Å². The summed E-state index contributed by atoms with van der Waals surface area (Å²) in [7, 11) is 1.56. The lowest BCUT2D eigenvalue weighted by Crippen LogP contribution is -2.30. The van der Waals surface area contributed by atoms with Gasteiger partial charge in [-0.2, -0.15) is 0 Å². The topological polar surface area (TPSA) is 112 Å². The van der Waals surface area contributed by atoms with Crippen molar-refractivity contribution < 1.29 is 9.53 Å². The number of nitrogens with one attached hydrogen (secondary N) is 1. The molecule has 1 N–H and O–H groups in total. The molecular weight excluding hydrogens is 388 g/mol. The summed E-state index contributed by atoms with van der Waals surface area (Å²) >= 11 is 2.76. The number of nitrogens with zero attached hydrogens (tertiary/aromatic N) is 5. The summed E-state index contributed by atoms with van der Waals surface area (Å²) in [6.45, 7) is 2.33. The number of rotatable bonds is 5. The highest BCUT2D eigenvalue weighted by Crippen LogP contribution is 2.35. The zero-order valence-electron chi connectivity index (χ0n) is 14.9. The first-order chi connectivity index (χ1) is 13.0. The van der Waals surface area contributed by atoms with Gasteiger partial charge >= 0.3 is 0 Å². The third kappa shape index (κ3) is 3.62. The molecule has 0 spiro atoms. The molecule has 1 unspecified atom stereocenters. The largest absolute Gasteiger partial charge is 0.377 e. The van der Waals surface area contributed by atoms with E-state index in [-0.39, 0.29) is 12.1 Å². The van der Waals surface area contributed by atoms with Gasteiger partial charge in [0.15, 0.2) is 4.83 Å². The number of methoxy groups -OCH3 is 1. The van der Waals surface area contributed by atoms with Crippen LogP contribution < -0.4 is 10.9 Å². The summed E-state index contributed by atoms with van der Waals surface area (Å²) in [5, 5.41) is 20.2. The van der Waals surface area contributed by atoms with E-state index in [0.717, 1.165) is 29.5 Å². The van der Waals surface area contributed by atoms with Crippen LogP contribution in [0.1, 0.15) is 28.8 Å². The van der Waals surface area contributed by atoms with Crippen LogP contribution in [0.2, 0.25) is 0 Å². The van der Waals surface area contributed by atoms with Gasteiger partial charge in [-0.25, -0.2) is 4.68 Å². The number of aromatic nitrogens is 5. The maximum Gasteiger partial charge on any atom is 0.279 e. The number of fused-ring (bicyclic) bond motifs is 3. The summed E-state index contributed by atoms with van der Waals surface area (Å²) in [5.41, 5.74) is 0.815. The maximum absolute atomic E-state index is 12.9. The molecule has 27 heavy (non-hydrogen) atoms. The molecule has 0 saturated heterocycles. The van der Waals surface area contributed by atoms with Gasteiger partial charge in [0.2, 0.25) is 11.0 Å². The maximum atomic E-state index is 12.9. The zero-order valence-corrected chi connectivity index (χ0v) is 16.5. The number of ether oxygens (including phenoxy) is 1. The van der Waals surface area contributed by atoms with Crippen LogP contribution in [0, 0.1) is 5.92 Å². The van der Waals surface area contributed by atoms with E-state index in [1.807, 2.05) is 0 Å². The third-order valence-corrected chi connectivity index (χ3v) is 6.41. The number of hydrogen-bond donors (Lipinski definition) is 1. The second-order valence-electron chi connectivity index (χ2n) is 6.57. The van der Waals surface area contributed by atoms with E-state index >= 15 is 0 Å². The predicted octanol–water partition coefficient (Wildman–Crippen LogP) is 1.61. The first kappa shape index (κ1) is 18.1. The molecule has 0 aliphatic heterocycles. The van der Waals surface area contributed by atoms with Crippen molar-refractivity contribution in [2.24, 2.45) is 5.92 Å². The highest BCUT2D eigenvalue weighted by atomic mass is 32.1.